The summed E-state index contributed by atoms with van der Waals surface area (Å²) in [5, 5.41) is 0. The zero-order valence-corrected chi connectivity index (χ0v) is 42.2. The van der Waals surface area contributed by atoms with Crippen LogP contribution in [0.1, 0.15) is 39.8 Å². The van der Waals surface area contributed by atoms with Crippen molar-refractivity contribution in [3.8, 4) is 0 Å². The van der Waals surface area contributed by atoms with Gasteiger partial charge >= 0.3 is 0 Å². The molecule has 0 saturated carbocycles. The van der Waals surface area contributed by atoms with Gasteiger partial charge in [0.15, 0.2) is 6.29 Å². The smallest absolute Gasteiger partial charge is 0.264 e. The van der Waals surface area contributed by atoms with Crippen LogP contribution in [0.3, 0.4) is 0 Å². The molecule has 0 N–H and O–H groups in total. The summed E-state index contributed by atoms with van der Waals surface area (Å²) in [5.41, 5.74) is 5.20. The molecule has 0 aliphatic carbocycles. The van der Waals surface area contributed by atoms with Crippen LogP contribution < -0.4 is 0 Å². The van der Waals surface area contributed by atoms with Crippen LogP contribution in [0.5, 0.6) is 0 Å². The minimum Gasteiger partial charge on any atom is -0.374 e. The molecule has 8 atom stereocenters. The number of hydrogen-bond acceptors (Lipinski definition) is 14. The van der Waals surface area contributed by atoms with Gasteiger partial charge in [-0.2, -0.15) is 16.8 Å². The minimum atomic E-state index is -4.23. The first-order valence-corrected chi connectivity index (χ1v) is 27.5. The lowest BCUT2D eigenvalue weighted by Crippen LogP contribution is -2.63. The van der Waals surface area contributed by atoms with Gasteiger partial charge in [0.05, 0.1) is 78.1 Å². The van der Waals surface area contributed by atoms with Crippen LogP contribution in [0.2, 0.25) is 0 Å². The van der Waals surface area contributed by atoms with E-state index >= 15 is 0 Å². The molecule has 0 spiro atoms. The zero-order chi connectivity index (χ0) is 50.4. The molecule has 1 saturated heterocycles. The van der Waals surface area contributed by atoms with E-state index in [1.54, 1.807) is 0 Å². The second-order valence-corrected chi connectivity index (χ2v) is 20.7. The number of hydrogen-bond donors (Lipinski definition) is 0. The Morgan fingerprint density at radius 2 is 0.861 bits per heavy atom. The molecule has 6 aromatic carbocycles. The summed E-state index contributed by atoms with van der Waals surface area (Å²) < 4.78 is 117. The maximum Gasteiger partial charge on any atom is 0.264 e. The van der Waals surface area contributed by atoms with E-state index in [-0.39, 0.29) is 65.9 Å². The molecule has 1 aliphatic heterocycles. The molecule has 1 heterocycles. The predicted octanol–water partition coefficient (Wildman–Crippen LogP) is 8.58. The largest absolute Gasteiger partial charge is 0.374 e. The minimum absolute atomic E-state index is 0.00900. The van der Waals surface area contributed by atoms with Crippen molar-refractivity contribution in [2.24, 2.45) is 0 Å². The third-order valence-corrected chi connectivity index (χ3v) is 12.8. The molecule has 0 amide bonds. The van der Waals surface area contributed by atoms with Gasteiger partial charge in [-0.1, -0.05) is 182 Å². The first-order chi connectivity index (χ1) is 35.0. The van der Waals surface area contributed by atoms with Crippen molar-refractivity contribution < 1.29 is 63.1 Å². The van der Waals surface area contributed by atoms with Crippen LogP contribution >= 0.6 is 0 Å². The molecular formula is C56H64O14S2. The molecule has 0 aromatic heterocycles. The maximum absolute atomic E-state index is 13.3. The average Bonchev–Trinajstić information content (AvgIpc) is 3.38. The summed E-state index contributed by atoms with van der Waals surface area (Å²) in [4.78, 5) is 0. The van der Waals surface area contributed by atoms with Gasteiger partial charge in [-0.3, -0.25) is 8.37 Å². The van der Waals surface area contributed by atoms with Crippen LogP contribution in [0.25, 0.3) is 0 Å². The molecule has 1 aliphatic rings. The molecule has 6 aromatic rings. The highest BCUT2D eigenvalue weighted by Crippen LogP contribution is 2.34. The fourth-order valence-electron chi connectivity index (χ4n) is 8.13. The van der Waals surface area contributed by atoms with E-state index in [0.29, 0.717) is 0 Å². The Balaban J connectivity index is 1.32. The standard InChI is InChI=1S/C56H64O14S2/c1-71(57,58)67-34-33-49(63-37-45-25-13-5-14-26-45)52(51(70-72(2,59)60)42-62-36-44-23-11-4-12-24-44)69-56-55(66-40-48-31-19-8-20-32-48)54(65-39-47-29-17-7-18-30-47)53(64-38-46-27-15-6-16-28-46)50(68-56)41-61-35-43-21-9-3-10-22-43/h3-32,49-56H,33-42H2,1-2H3/t49-,50-,51-,52+,53+,54+,55-,56+/m1/s1. The molecule has 0 unspecified atom stereocenters. The van der Waals surface area contributed by atoms with Crippen LogP contribution in [0.4, 0.5) is 0 Å². The van der Waals surface area contributed by atoms with Crippen molar-refractivity contribution >= 4 is 20.2 Å². The van der Waals surface area contributed by atoms with Crippen molar-refractivity contribution in [2.45, 2.75) is 95.1 Å². The van der Waals surface area contributed by atoms with Gasteiger partial charge in [0.2, 0.25) is 0 Å². The Kier molecular flexibility index (Phi) is 21.5. The molecule has 0 radical (unpaired) electrons. The summed E-state index contributed by atoms with van der Waals surface area (Å²) in [5.74, 6) is 0. The Bertz CT molecular complexity index is 2650. The quantitative estimate of drug-likeness (QED) is 0.0395. The normalized spacial score (nSPS) is 19.6. The number of ether oxygens (including phenoxy) is 8. The van der Waals surface area contributed by atoms with E-state index in [1.807, 2.05) is 182 Å². The highest BCUT2D eigenvalue weighted by molar-refractivity contribution is 7.86. The van der Waals surface area contributed by atoms with Crippen LogP contribution in [-0.2, 0) is 106 Å². The summed E-state index contributed by atoms with van der Waals surface area (Å²) in [7, 11) is -8.15. The molecule has 72 heavy (non-hydrogen) atoms. The Hall–Kier alpha value is -5.18. The fourth-order valence-corrected chi connectivity index (χ4v) is 9.14. The first kappa shape index (κ1) is 54.6. The van der Waals surface area contributed by atoms with Crippen molar-refractivity contribution in [1.29, 1.82) is 0 Å². The molecular weight excluding hydrogens is 961 g/mol. The Labute approximate surface area is 424 Å². The van der Waals surface area contributed by atoms with E-state index in [0.717, 1.165) is 45.9 Å². The van der Waals surface area contributed by atoms with E-state index < -0.39 is 69.3 Å². The Morgan fingerprint density at radius 1 is 0.458 bits per heavy atom. The SMILES string of the molecule is CS(=O)(=O)OCC[C@@H](OCc1ccccc1)[C@H](O[C@@H]1O[C@H](COCc2ccccc2)[C@H](OCc2ccccc2)[C@H](OCc2ccccc2)[C@H]1OCc1ccccc1)[C@@H](COCc1ccccc1)OS(C)(=O)=O. The highest BCUT2D eigenvalue weighted by atomic mass is 32.2. The summed E-state index contributed by atoms with van der Waals surface area (Å²) in [6, 6.07) is 57.5. The summed E-state index contributed by atoms with van der Waals surface area (Å²) in [6.45, 7) is 0.150. The topological polar surface area (TPSA) is 161 Å². The van der Waals surface area contributed by atoms with Crippen molar-refractivity contribution in [3.05, 3.63) is 215 Å². The van der Waals surface area contributed by atoms with Crippen LogP contribution in [0.15, 0.2) is 182 Å². The van der Waals surface area contributed by atoms with Gasteiger partial charge < -0.3 is 37.9 Å². The fraction of sp³-hybridized carbons (Fsp3) is 0.357. The Morgan fingerprint density at radius 3 is 1.31 bits per heavy atom. The second-order valence-electron chi connectivity index (χ2n) is 17.4. The molecule has 0 bridgehead atoms. The van der Waals surface area contributed by atoms with Crippen molar-refractivity contribution in [1.82, 2.24) is 0 Å². The van der Waals surface area contributed by atoms with E-state index in [2.05, 4.69) is 0 Å². The molecule has 14 nitrogen and oxygen atoms in total. The summed E-state index contributed by atoms with van der Waals surface area (Å²) >= 11 is 0. The molecule has 1 fully saturated rings. The predicted molar refractivity (Wildman–Crippen MR) is 271 cm³/mol. The van der Waals surface area contributed by atoms with Gasteiger partial charge in [0, 0.05) is 6.42 Å². The van der Waals surface area contributed by atoms with Gasteiger partial charge in [-0.25, -0.2) is 0 Å². The number of rotatable bonds is 30. The van der Waals surface area contributed by atoms with E-state index in [4.69, 9.17) is 46.3 Å². The van der Waals surface area contributed by atoms with E-state index in [9.17, 15) is 16.8 Å². The lowest BCUT2D eigenvalue weighted by molar-refractivity contribution is -0.347. The zero-order valence-electron chi connectivity index (χ0n) is 40.5. The third-order valence-electron chi connectivity index (χ3n) is 11.6. The van der Waals surface area contributed by atoms with E-state index in [1.165, 1.54) is 0 Å². The molecule has 16 heteroatoms. The molecule has 7 rings (SSSR count). The van der Waals surface area contributed by atoms with Crippen molar-refractivity contribution in [2.75, 3.05) is 32.3 Å². The lowest BCUT2D eigenvalue weighted by atomic mass is 9.97. The van der Waals surface area contributed by atoms with Crippen molar-refractivity contribution in [3.63, 3.8) is 0 Å². The van der Waals surface area contributed by atoms with Gasteiger partial charge in [-0.05, 0) is 33.4 Å². The third kappa shape index (κ3) is 18.7. The number of benzene rings is 6. The monoisotopic (exact) mass is 1020 g/mol. The van der Waals surface area contributed by atoms with Crippen LogP contribution in [-0.4, -0.2) is 98.2 Å². The van der Waals surface area contributed by atoms with Gasteiger partial charge in [0.1, 0.15) is 36.6 Å². The average molecular weight is 1030 g/mol. The second kappa shape index (κ2) is 28.3. The molecule has 384 valence electrons. The first-order valence-electron chi connectivity index (χ1n) is 23.8. The van der Waals surface area contributed by atoms with Gasteiger partial charge in [0.25, 0.3) is 20.2 Å². The lowest BCUT2D eigenvalue weighted by Gasteiger charge is -2.47. The highest BCUT2D eigenvalue weighted by Gasteiger charge is 2.51. The van der Waals surface area contributed by atoms with Crippen LogP contribution in [0, 0.1) is 0 Å². The van der Waals surface area contributed by atoms with Gasteiger partial charge in [-0.15, -0.1) is 0 Å². The maximum atomic E-state index is 13.3. The summed E-state index contributed by atoms with van der Waals surface area (Å²) in [6.07, 6.45) is -7.14.